The fraction of sp³-hybridized carbons (Fsp3) is 0.263. The number of hydrogen-bond donors (Lipinski definition) is 3. The zero-order valence-corrected chi connectivity index (χ0v) is 27.4. The second-order valence-electron chi connectivity index (χ2n) is 11.4. The molecule has 2 amide bonds. The van der Waals surface area contributed by atoms with Crippen LogP contribution in [0.3, 0.4) is 0 Å². The number of hydrogen-bond acceptors (Lipinski definition) is 7. The molecule has 3 N–H and O–H groups in total. The van der Waals surface area contributed by atoms with Crippen molar-refractivity contribution in [2.45, 2.75) is 50.4 Å². The number of rotatable bonds is 12. The molecule has 47 heavy (non-hydrogen) atoms. The van der Waals surface area contributed by atoms with E-state index in [0.29, 0.717) is 12.3 Å². The Morgan fingerprint density at radius 3 is 2.34 bits per heavy atom. The molecule has 0 aromatic heterocycles. The van der Waals surface area contributed by atoms with Gasteiger partial charge in [0.05, 0.1) is 18.8 Å². The first kappa shape index (κ1) is 33.9. The van der Waals surface area contributed by atoms with E-state index < -0.39 is 12.4 Å². The highest BCUT2D eigenvalue weighted by atomic mass is 32.2. The van der Waals surface area contributed by atoms with Crippen LogP contribution in [0.2, 0.25) is 0 Å². The number of thioether (sulfide) groups is 1. The van der Waals surface area contributed by atoms with Gasteiger partial charge in [-0.25, -0.2) is 4.79 Å². The van der Waals surface area contributed by atoms with Crippen molar-refractivity contribution in [3.05, 3.63) is 132 Å². The number of nitrogens with one attached hydrogen (secondary N) is 2. The monoisotopic (exact) mass is 652 g/mol. The molecule has 0 saturated carbocycles. The van der Waals surface area contributed by atoms with Crippen molar-refractivity contribution in [3.63, 3.8) is 0 Å². The van der Waals surface area contributed by atoms with Crippen LogP contribution in [-0.2, 0) is 32.2 Å². The Bertz CT molecular complexity index is 1660. The smallest absolute Gasteiger partial charge is 0.407 e. The first-order chi connectivity index (χ1) is 22.8. The number of carbonyl (C=O) groups excluding carboxylic acids is 2. The number of aliphatic hydroxyl groups excluding tert-OH is 1. The maximum atomic E-state index is 11.9. The van der Waals surface area contributed by atoms with E-state index in [1.54, 1.807) is 11.8 Å². The van der Waals surface area contributed by atoms with Crippen LogP contribution >= 0.6 is 11.8 Å². The van der Waals surface area contributed by atoms with Gasteiger partial charge in [-0.1, -0.05) is 80.2 Å². The summed E-state index contributed by atoms with van der Waals surface area (Å²) < 4.78 is 18.4. The Hall–Kier alpha value is -4.41. The average Bonchev–Trinajstić information content (AvgIpc) is 3.10. The minimum atomic E-state index is -0.606. The van der Waals surface area contributed by atoms with Crippen molar-refractivity contribution < 1.29 is 28.9 Å². The Kier molecular flexibility index (Phi) is 11.9. The second kappa shape index (κ2) is 16.4. The number of alkyl carbamates (subject to hydrolysis) is 1. The summed E-state index contributed by atoms with van der Waals surface area (Å²) in [5.74, 6) is 0.646. The van der Waals surface area contributed by atoms with Crippen molar-refractivity contribution >= 4 is 29.4 Å². The van der Waals surface area contributed by atoms with E-state index >= 15 is 0 Å². The highest BCUT2D eigenvalue weighted by molar-refractivity contribution is 7.99. The highest BCUT2D eigenvalue weighted by Gasteiger charge is 2.38. The Morgan fingerprint density at radius 1 is 0.915 bits per heavy atom. The van der Waals surface area contributed by atoms with E-state index in [1.807, 2.05) is 91.0 Å². The summed E-state index contributed by atoms with van der Waals surface area (Å²) in [7, 11) is 0. The summed E-state index contributed by atoms with van der Waals surface area (Å²) in [6.07, 6.45) is 0.0705. The molecule has 4 aromatic rings. The standard InChI is InChI=1S/C38H40N2O6S/c1-4-19-44-38(43)39-22-28-7-5-8-30(20-28)31-9-6-10-32(21-31)37-45-35(24-47-34-17-15-33(16-18-34)40-26(3)42)25(2)36(46-37)29-13-11-27(23-41)12-14-29/h4-18,20-21,25,35-37,41H,1,19,22-24H2,2-3H3,(H,39,43)(H,40,42)/t25-,35+,36+,37+/m0/s1. The number of carbonyl (C=O) groups is 2. The zero-order valence-electron chi connectivity index (χ0n) is 26.6. The highest BCUT2D eigenvalue weighted by Crippen LogP contribution is 2.43. The molecular formula is C38H40N2O6S. The molecule has 244 valence electrons. The van der Waals surface area contributed by atoms with Gasteiger partial charge in [-0.2, -0.15) is 0 Å². The van der Waals surface area contributed by atoms with Gasteiger partial charge >= 0.3 is 6.09 Å². The molecule has 1 saturated heterocycles. The van der Waals surface area contributed by atoms with Crippen molar-refractivity contribution in [1.82, 2.24) is 5.32 Å². The summed E-state index contributed by atoms with van der Waals surface area (Å²) in [6, 6.07) is 31.8. The molecule has 9 heteroatoms. The minimum Gasteiger partial charge on any atom is -0.445 e. The molecule has 0 spiro atoms. The quantitative estimate of drug-likeness (QED) is 0.106. The van der Waals surface area contributed by atoms with Gasteiger partial charge in [-0.15, -0.1) is 11.8 Å². The molecule has 1 aliphatic rings. The maximum absolute atomic E-state index is 11.9. The lowest BCUT2D eigenvalue weighted by atomic mass is 9.91. The normalized spacial score (nSPS) is 19.0. The first-order valence-electron chi connectivity index (χ1n) is 15.5. The molecule has 8 nitrogen and oxygen atoms in total. The van der Waals surface area contributed by atoms with Gasteiger partial charge < -0.3 is 30.0 Å². The number of amides is 2. The summed E-state index contributed by atoms with van der Waals surface area (Å²) in [5, 5.41) is 15.2. The van der Waals surface area contributed by atoms with E-state index in [9.17, 15) is 14.7 Å². The Morgan fingerprint density at radius 2 is 1.64 bits per heavy atom. The van der Waals surface area contributed by atoms with Gasteiger partial charge in [0.2, 0.25) is 5.91 Å². The molecule has 5 rings (SSSR count). The molecule has 0 bridgehead atoms. The lowest BCUT2D eigenvalue weighted by Crippen LogP contribution is -2.38. The van der Waals surface area contributed by atoms with Crippen LogP contribution in [0.1, 0.15) is 48.5 Å². The Balaban J connectivity index is 1.35. The fourth-order valence-corrected chi connectivity index (χ4v) is 6.48. The van der Waals surface area contributed by atoms with E-state index in [1.165, 1.54) is 13.0 Å². The van der Waals surface area contributed by atoms with Crippen LogP contribution in [0.25, 0.3) is 11.1 Å². The Labute approximate surface area is 280 Å². The van der Waals surface area contributed by atoms with Crippen molar-refractivity contribution in [1.29, 1.82) is 0 Å². The predicted molar refractivity (Wildman–Crippen MR) is 185 cm³/mol. The number of aliphatic hydroxyl groups is 1. The molecule has 0 radical (unpaired) electrons. The van der Waals surface area contributed by atoms with Gasteiger partial charge in [0.15, 0.2) is 6.29 Å². The number of benzene rings is 4. The maximum Gasteiger partial charge on any atom is 0.407 e. The number of ether oxygens (including phenoxy) is 3. The van der Waals surface area contributed by atoms with E-state index in [2.05, 4.69) is 30.2 Å². The third-order valence-electron chi connectivity index (χ3n) is 7.90. The van der Waals surface area contributed by atoms with Crippen LogP contribution < -0.4 is 10.6 Å². The SMILES string of the molecule is C=CCOC(=O)NCc1cccc(-c2cccc([C@@H]3O[C@H](CSc4ccc(NC(C)=O)cc4)[C@H](C)[C@H](c4ccc(CO)cc4)O3)c2)c1. The van der Waals surface area contributed by atoms with E-state index in [4.69, 9.17) is 14.2 Å². The molecule has 0 unspecified atom stereocenters. The summed E-state index contributed by atoms with van der Waals surface area (Å²) >= 11 is 1.70. The lowest BCUT2D eigenvalue weighted by Gasteiger charge is -2.41. The van der Waals surface area contributed by atoms with Crippen LogP contribution in [-0.4, -0.2) is 35.6 Å². The lowest BCUT2D eigenvalue weighted by molar-refractivity contribution is -0.268. The van der Waals surface area contributed by atoms with Crippen LogP contribution in [0, 0.1) is 5.92 Å². The molecule has 1 heterocycles. The minimum absolute atomic E-state index is 0.0173. The van der Waals surface area contributed by atoms with Crippen LogP contribution in [0.5, 0.6) is 0 Å². The average molecular weight is 653 g/mol. The molecule has 1 aliphatic heterocycles. The van der Waals surface area contributed by atoms with Crippen molar-refractivity contribution in [3.8, 4) is 11.1 Å². The van der Waals surface area contributed by atoms with Gasteiger partial charge in [-0.3, -0.25) is 4.79 Å². The molecule has 0 aliphatic carbocycles. The summed E-state index contributed by atoms with van der Waals surface area (Å²) in [4.78, 5) is 24.4. The van der Waals surface area contributed by atoms with Gasteiger partial charge in [0, 0.05) is 41.3 Å². The second-order valence-corrected chi connectivity index (χ2v) is 12.5. The van der Waals surface area contributed by atoms with Gasteiger partial charge in [0.1, 0.15) is 6.61 Å². The van der Waals surface area contributed by atoms with Gasteiger partial charge in [-0.05, 0) is 64.2 Å². The molecule has 4 atom stereocenters. The van der Waals surface area contributed by atoms with E-state index in [0.717, 1.165) is 44.0 Å². The molecule has 4 aromatic carbocycles. The molecular weight excluding hydrogens is 612 g/mol. The predicted octanol–water partition coefficient (Wildman–Crippen LogP) is 7.80. The molecule has 1 fully saturated rings. The zero-order chi connectivity index (χ0) is 33.2. The first-order valence-corrected chi connectivity index (χ1v) is 16.5. The van der Waals surface area contributed by atoms with Crippen LogP contribution in [0.15, 0.2) is 115 Å². The van der Waals surface area contributed by atoms with Crippen molar-refractivity contribution in [2.75, 3.05) is 17.7 Å². The van der Waals surface area contributed by atoms with Crippen molar-refractivity contribution in [2.24, 2.45) is 5.92 Å². The third kappa shape index (κ3) is 9.33. The topological polar surface area (TPSA) is 106 Å². The van der Waals surface area contributed by atoms with Gasteiger partial charge in [0.25, 0.3) is 0 Å². The van der Waals surface area contributed by atoms with E-state index in [-0.39, 0.29) is 37.2 Å². The fourth-order valence-electron chi connectivity index (χ4n) is 5.41. The summed E-state index contributed by atoms with van der Waals surface area (Å²) in [6.45, 7) is 7.68. The van der Waals surface area contributed by atoms with Crippen LogP contribution in [0.4, 0.5) is 10.5 Å². The largest absolute Gasteiger partial charge is 0.445 e. The third-order valence-corrected chi connectivity index (χ3v) is 9.00. The number of anilines is 1. The summed E-state index contributed by atoms with van der Waals surface area (Å²) in [5.41, 5.74) is 6.48.